The second kappa shape index (κ2) is 10.2. The number of carbonyl (C=O) groups is 2. The number of allylic oxidation sites excluding steroid dienone is 2. The number of hydrogen-bond acceptors (Lipinski definition) is 4. The summed E-state index contributed by atoms with van der Waals surface area (Å²) in [6.07, 6.45) is 13.2. The molecule has 4 saturated carbocycles. The fraction of sp³-hybridized carbons (Fsp3) is 0.744. The van der Waals surface area contributed by atoms with Gasteiger partial charge < -0.3 is 9.47 Å². The SMILES string of the molecule is CC(=O)O[C@H]1CC[C@]2(C)[C@H]3CC=C4[C@@H]5CC(C)(C)CC[C@]5(C(=O)OCc5ccccc5)CC[C@@]4(C)[C@]3(C)CC[C@H]2C1(C)C. The highest BCUT2D eigenvalue weighted by Crippen LogP contribution is 2.76. The zero-order valence-corrected chi connectivity index (χ0v) is 28.2. The van der Waals surface area contributed by atoms with E-state index in [1.54, 1.807) is 12.5 Å². The Morgan fingerprint density at radius 3 is 2.23 bits per heavy atom. The van der Waals surface area contributed by atoms with Crippen molar-refractivity contribution in [3.05, 3.63) is 47.5 Å². The number of rotatable bonds is 4. The molecule has 8 atom stereocenters. The minimum absolute atomic E-state index is 0.000577. The van der Waals surface area contributed by atoms with E-state index < -0.39 is 5.41 Å². The van der Waals surface area contributed by atoms with Crippen LogP contribution >= 0.6 is 0 Å². The van der Waals surface area contributed by atoms with Crippen molar-refractivity contribution in [3.8, 4) is 0 Å². The molecule has 5 aliphatic rings. The molecular weight excluding hydrogens is 532 g/mol. The first-order valence-electron chi connectivity index (χ1n) is 17.2. The van der Waals surface area contributed by atoms with E-state index in [1.807, 2.05) is 30.3 Å². The molecule has 0 spiro atoms. The van der Waals surface area contributed by atoms with E-state index >= 15 is 0 Å². The molecule has 0 bridgehead atoms. The maximum absolute atomic E-state index is 14.2. The summed E-state index contributed by atoms with van der Waals surface area (Å²) >= 11 is 0. The van der Waals surface area contributed by atoms with Crippen LogP contribution in [0.2, 0.25) is 0 Å². The summed E-state index contributed by atoms with van der Waals surface area (Å²) in [6, 6.07) is 10.1. The van der Waals surface area contributed by atoms with E-state index in [1.165, 1.54) is 12.8 Å². The highest BCUT2D eigenvalue weighted by Gasteiger charge is 2.69. The van der Waals surface area contributed by atoms with Gasteiger partial charge in [-0.15, -0.1) is 0 Å². The third-order valence-corrected chi connectivity index (χ3v) is 14.5. The van der Waals surface area contributed by atoms with Crippen LogP contribution < -0.4 is 0 Å². The van der Waals surface area contributed by atoms with Crippen LogP contribution in [0.3, 0.4) is 0 Å². The van der Waals surface area contributed by atoms with Crippen LogP contribution in [0.25, 0.3) is 0 Å². The van der Waals surface area contributed by atoms with Gasteiger partial charge in [-0.2, -0.15) is 0 Å². The summed E-state index contributed by atoms with van der Waals surface area (Å²) < 4.78 is 12.1. The Hall–Kier alpha value is -2.10. The lowest BCUT2D eigenvalue weighted by atomic mass is 9.33. The van der Waals surface area contributed by atoms with Crippen molar-refractivity contribution in [2.24, 2.45) is 50.2 Å². The van der Waals surface area contributed by atoms with Crippen molar-refractivity contribution < 1.29 is 19.1 Å². The number of carbonyl (C=O) groups excluding carboxylic acids is 2. The minimum Gasteiger partial charge on any atom is -0.462 e. The molecule has 0 unspecified atom stereocenters. The van der Waals surface area contributed by atoms with Crippen LogP contribution in [0.15, 0.2) is 42.0 Å². The van der Waals surface area contributed by atoms with E-state index in [0.29, 0.717) is 18.4 Å². The smallest absolute Gasteiger partial charge is 0.313 e. The Morgan fingerprint density at radius 1 is 0.837 bits per heavy atom. The van der Waals surface area contributed by atoms with Crippen molar-refractivity contribution in [1.29, 1.82) is 0 Å². The molecule has 4 nitrogen and oxygen atoms in total. The lowest BCUT2D eigenvalue weighted by Gasteiger charge is -2.71. The molecule has 0 heterocycles. The predicted octanol–water partition coefficient (Wildman–Crippen LogP) is 9.46. The monoisotopic (exact) mass is 588 g/mol. The number of hydrogen-bond donors (Lipinski definition) is 0. The molecule has 4 fully saturated rings. The second-order valence-corrected chi connectivity index (χ2v) is 17.4. The highest BCUT2D eigenvalue weighted by molar-refractivity contribution is 5.79. The number of fused-ring (bicyclic) bond motifs is 7. The third kappa shape index (κ3) is 4.58. The van der Waals surface area contributed by atoms with Crippen LogP contribution in [-0.4, -0.2) is 18.0 Å². The van der Waals surface area contributed by atoms with E-state index in [-0.39, 0.29) is 51.0 Å². The molecule has 0 amide bonds. The maximum Gasteiger partial charge on any atom is 0.313 e. The fourth-order valence-corrected chi connectivity index (χ4v) is 11.9. The van der Waals surface area contributed by atoms with Crippen LogP contribution in [0, 0.1) is 50.2 Å². The first-order valence-corrected chi connectivity index (χ1v) is 17.2. The largest absolute Gasteiger partial charge is 0.462 e. The Morgan fingerprint density at radius 2 is 1.53 bits per heavy atom. The highest BCUT2D eigenvalue weighted by atomic mass is 16.5. The first kappa shape index (κ1) is 30.9. The molecule has 5 aliphatic carbocycles. The van der Waals surface area contributed by atoms with Crippen molar-refractivity contribution in [1.82, 2.24) is 0 Å². The fourth-order valence-electron chi connectivity index (χ4n) is 11.9. The Labute approximate surface area is 260 Å². The Kier molecular flexibility index (Phi) is 7.34. The van der Waals surface area contributed by atoms with Gasteiger partial charge >= 0.3 is 11.9 Å². The van der Waals surface area contributed by atoms with Gasteiger partial charge in [0.15, 0.2) is 0 Å². The minimum atomic E-state index is -0.413. The molecule has 43 heavy (non-hydrogen) atoms. The van der Waals surface area contributed by atoms with E-state index in [9.17, 15) is 9.59 Å². The van der Waals surface area contributed by atoms with Crippen LogP contribution in [0.4, 0.5) is 0 Å². The normalized spacial score (nSPS) is 42.7. The molecule has 4 heteroatoms. The molecule has 1 aromatic carbocycles. The van der Waals surface area contributed by atoms with Crippen molar-refractivity contribution in [2.45, 2.75) is 132 Å². The summed E-state index contributed by atoms with van der Waals surface area (Å²) in [7, 11) is 0. The molecule has 0 aliphatic heterocycles. The lowest BCUT2D eigenvalue weighted by molar-refractivity contribution is -0.213. The van der Waals surface area contributed by atoms with Crippen molar-refractivity contribution in [2.75, 3.05) is 0 Å². The second-order valence-electron chi connectivity index (χ2n) is 17.4. The first-order chi connectivity index (χ1) is 20.1. The molecule has 0 radical (unpaired) electrons. The maximum atomic E-state index is 14.2. The molecule has 1 aromatic rings. The third-order valence-electron chi connectivity index (χ3n) is 14.5. The van der Waals surface area contributed by atoms with E-state index in [4.69, 9.17) is 9.47 Å². The quantitative estimate of drug-likeness (QED) is 0.260. The number of benzene rings is 1. The van der Waals surface area contributed by atoms with Gasteiger partial charge in [0.25, 0.3) is 0 Å². The number of esters is 2. The summed E-state index contributed by atoms with van der Waals surface area (Å²) in [4.78, 5) is 26.2. The van der Waals surface area contributed by atoms with Crippen molar-refractivity contribution >= 4 is 11.9 Å². The molecule has 0 N–H and O–H groups in total. The summed E-state index contributed by atoms with van der Waals surface area (Å²) in [5.41, 5.74) is 2.85. The van der Waals surface area contributed by atoms with Crippen LogP contribution in [0.5, 0.6) is 0 Å². The van der Waals surface area contributed by atoms with Crippen LogP contribution in [0.1, 0.15) is 125 Å². The van der Waals surface area contributed by atoms with Crippen LogP contribution in [-0.2, 0) is 25.7 Å². The number of ether oxygens (including phenoxy) is 2. The molecule has 0 saturated heterocycles. The lowest BCUT2D eigenvalue weighted by Crippen LogP contribution is -2.65. The van der Waals surface area contributed by atoms with Gasteiger partial charge in [-0.05, 0) is 109 Å². The zero-order valence-electron chi connectivity index (χ0n) is 28.2. The summed E-state index contributed by atoms with van der Waals surface area (Å²) in [5, 5.41) is 0. The van der Waals surface area contributed by atoms with Gasteiger partial charge in [0.2, 0.25) is 0 Å². The van der Waals surface area contributed by atoms with E-state index in [0.717, 1.165) is 56.9 Å². The zero-order chi connectivity index (χ0) is 31.1. The van der Waals surface area contributed by atoms with E-state index in [2.05, 4.69) is 54.5 Å². The predicted molar refractivity (Wildman–Crippen MR) is 171 cm³/mol. The van der Waals surface area contributed by atoms with Gasteiger partial charge in [0.1, 0.15) is 12.7 Å². The van der Waals surface area contributed by atoms with Crippen molar-refractivity contribution in [3.63, 3.8) is 0 Å². The summed E-state index contributed by atoms with van der Waals surface area (Å²) in [5.74, 6) is 1.24. The van der Waals surface area contributed by atoms with Gasteiger partial charge in [-0.25, -0.2) is 0 Å². The van der Waals surface area contributed by atoms with Gasteiger partial charge in [0.05, 0.1) is 5.41 Å². The topological polar surface area (TPSA) is 52.6 Å². The Balaban J connectivity index is 1.34. The van der Waals surface area contributed by atoms with Gasteiger partial charge in [-0.3, -0.25) is 9.59 Å². The van der Waals surface area contributed by atoms with Gasteiger partial charge in [0, 0.05) is 12.3 Å². The molecule has 0 aromatic heterocycles. The standard InChI is InChI=1S/C39H56O4/c1-26(40)43-32-17-18-36(6)30(35(32,4)5)16-19-38(8)31(36)15-14-28-29-24-34(2,3)20-22-39(29,23-21-37(28,38)7)33(41)42-25-27-12-10-9-11-13-27/h9-14,29-32H,15-25H2,1-8H3/t29-,30-,31+,32-,36-,37+,38+,39-/m0/s1. The average Bonchev–Trinajstić information content (AvgIpc) is 2.94. The molecular formula is C39H56O4. The van der Waals surface area contributed by atoms with Gasteiger partial charge in [-0.1, -0.05) is 90.4 Å². The average molecular weight is 589 g/mol. The molecule has 236 valence electrons. The summed E-state index contributed by atoms with van der Waals surface area (Å²) in [6.45, 7) is 19.2. The Bertz CT molecular complexity index is 1290. The molecule has 6 rings (SSSR count).